The molecule has 1 aromatic heterocycles. The molecular formula is C24H20F4N2O3. The van der Waals surface area contributed by atoms with E-state index in [9.17, 15) is 27.2 Å². The average Bonchev–Trinajstić information content (AvgIpc) is 3.30. The Hall–Kier alpha value is -3.36. The van der Waals surface area contributed by atoms with Gasteiger partial charge in [-0.05, 0) is 60.6 Å². The van der Waals surface area contributed by atoms with Crippen molar-refractivity contribution >= 4 is 22.8 Å². The SMILES string of the molecule is O=C(NC1CC12CC(C(=O)O)C2)c1c(F)ccc2ccn(Cc3ccc(C(F)(F)F)cc3)c12. The number of rotatable bonds is 5. The Kier molecular flexibility index (Phi) is 4.77. The fourth-order valence-corrected chi connectivity index (χ4v) is 4.94. The Morgan fingerprint density at radius 1 is 1.06 bits per heavy atom. The zero-order valence-corrected chi connectivity index (χ0v) is 17.3. The van der Waals surface area contributed by atoms with Gasteiger partial charge < -0.3 is 15.0 Å². The zero-order chi connectivity index (χ0) is 23.5. The van der Waals surface area contributed by atoms with E-state index in [1.54, 1.807) is 22.9 Å². The molecule has 2 fully saturated rings. The lowest BCUT2D eigenvalue weighted by atomic mass is 9.71. The Morgan fingerprint density at radius 3 is 2.39 bits per heavy atom. The second-order valence-corrected chi connectivity index (χ2v) is 9.03. The van der Waals surface area contributed by atoms with Crippen LogP contribution in [0.25, 0.3) is 10.9 Å². The summed E-state index contributed by atoms with van der Waals surface area (Å²) in [5.41, 5.74) is -0.147. The molecule has 0 bridgehead atoms. The second kappa shape index (κ2) is 7.33. The molecule has 1 atom stereocenters. The van der Waals surface area contributed by atoms with Crippen molar-refractivity contribution in [1.82, 2.24) is 9.88 Å². The van der Waals surface area contributed by atoms with Crippen molar-refractivity contribution < 1.29 is 32.3 Å². The number of fused-ring (bicyclic) bond motifs is 1. The number of nitrogens with one attached hydrogen (secondary N) is 1. The van der Waals surface area contributed by atoms with Gasteiger partial charge in [0.1, 0.15) is 5.82 Å². The molecule has 2 aromatic carbocycles. The van der Waals surface area contributed by atoms with Crippen molar-refractivity contribution in [2.24, 2.45) is 11.3 Å². The molecule has 0 radical (unpaired) electrons. The van der Waals surface area contributed by atoms with Gasteiger partial charge in [0.2, 0.25) is 0 Å². The van der Waals surface area contributed by atoms with Crippen LogP contribution in [-0.2, 0) is 17.5 Å². The van der Waals surface area contributed by atoms with Gasteiger partial charge in [-0.25, -0.2) is 4.39 Å². The number of benzene rings is 2. The van der Waals surface area contributed by atoms with Gasteiger partial charge in [0.15, 0.2) is 0 Å². The van der Waals surface area contributed by atoms with Crippen molar-refractivity contribution in [2.45, 2.75) is 38.0 Å². The minimum Gasteiger partial charge on any atom is -0.481 e. The first-order valence-electron chi connectivity index (χ1n) is 10.5. The van der Waals surface area contributed by atoms with E-state index in [1.807, 2.05) is 0 Å². The number of carbonyl (C=O) groups excluding carboxylic acids is 1. The van der Waals surface area contributed by atoms with Crippen LogP contribution < -0.4 is 5.32 Å². The van der Waals surface area contributed by atoms with Gasteiger partial charge in [-0.15, -0.1) is 0 Å². The highest BCUT2D eigenvalue weighted by molar-refractivity contribution is 6.06. The number of aromatic nitrogens is 1. The van der Waals surface area contributed by atoms with Crippen LogP contribution in [0.3, 0.4) is 0 Å². The predicted octanol–water partition coefficient (Wildman–Crippen LogP) is 4.83. The quantitative estimate of drug-likeness (QED) is 0.536. The minimum absolute atomic E-state index is 0.124. The molecule has 1 heterocycles. The van der Waals surface area contributed by atoms with Gasteiger partial charge in [0.05, 0.1) is 22.6 Å². The number of hydrogen-bond donors (Lipinski definition) is 2. The molecule has 33 heavy (non-hydrogen) atoms. The zero-order valence-electron chi connectivity index (χ0n) is 17.3. The first-order valence-corrected chi connectivity index (χ1v) is 10.5. The number of carboxylic acid groups (broad SMARTS) is 1. The van der Waals surface area contributed by atoms with Crippen molar-refractivity contribution in [2.75, 3.05) is 0 Å². The molecule has 1 amide bonds. The lowest BCUT2D eigenvalue weighted by Crippen LogP contribution is -2.39. The van der Waals surface area contributed by atoms with E-state index < -0.39 is 35.4 Å². The van der Waals surface area contributed by atoms with E-state index in [1.165, 1.54) is 18.2 Å². The van der Waals surface area contributed by atoms with Gasteiger partial charge in [0, 0.05) is 24.2 Å². The fourth-order valence-electron chi connectivity index (χ4n) is 4.94. The summed E-state index contributed by atoms with van der Waals surface area (Å²) in [5.74, 6) is -2.51. The second-order valence-electron chi connectivity index (χ2n) is 9.03. The molecule has 2 saturated carbocycles. The summed E-state index contributed by atoms with van der Waals surface area (Å²) in [6.07, 6.45) is -1.08. The molecule has 2 aliphatic rings. The maximum atomic E-state index is 14.8. The summed E-state index contributed by atoms with van der Waals surface area (Å²) in [7, 11) is 0. The maximum Gasteiger partial charge on any atom is 0.416 e. The Labute approximate surface area is 186 Å². The number of aliphatic carboxylic acids is 1. The van der Waals surface area contributed by atoms with Crippen LogP contribution in [0.1, 0.15) is 40.7 Å². The lowest BCUT2D eigenvalue weighted by molar-refractivity contribution is -0.147. The molecule has 1 unspecified atom stereocenters. The molecule has 172 valence electrons. The van der Waals surface area contributed by atoms with Crippen LogP contribution >= 0.6 is 0 Å². The first-order chi connectivity index (χ1) is 15.6. The highest BCUT2D eigenvalue weighted by Gasteiger charge is 2.63. The number of alkyl halides is 3. The van der Waals surface area contributed by atoms with E-state index in [-0.39, 0.29) is 23.6 Å². The molecule has 1 spiro atoms. The lowest BCUT2D eigenvalue weighted by Gasteiger charge is -2.33. The van der Waals surface area contributed by atoms with Gasteiger partial charge in [-0.2, -0.15) is 13.2 Å². The Morgan fingerprint density at radius 2 is 1.76 bits per heavy atom. The molecule has 5 nitrogen and oxygen atoms in total. The van der Waals surface area contributed by atoms with Crippen LogP contribution in [0, 0.1) is 17.2 Å². The summed E-state index contributed by atoms with van der Waals surface area (Å²) < 4.78 is 54.9. The van der Waals surface area contributed by atoms with E-state index in [0.717, 1.165) is 12.1 Å². The van der Waals surface area contributed by atoms with Crippen LogP contribution in [0.5, 0.6) is 0 Å². The van der Waals surface area contributed by atoms with Crippen molar-refractivity contribution in [3.8, 4) is 0 Å². The first kappa shape index (κ1) is 21.5. The molecular weight excluding hydrogens is 440 g/mol. The molecule has 9 heteroatoms. The van der Waals surface area contributed by atoms with Crippen LogP contribution in [0.15, 0.2) is 48.7 Å². The highest BCUT2D eigenvalue weighted by atomic mass is 19.4. The molecule has 0 saturated heterocycles. The van der Waals surface area contributed by atoms with Crippen molar-refractivity contribution in [1.29, 1.82) is 0 Å². The topological polar surface area (TPSA) is 71.3 Å². The van der Waals surface area contributed by atoms with Gasteiger partial charge >= 0.3 is 12.1 Å². The normalized spacial score (nSPS) is 24.0. The van der Waals surface area contributed by atoms with Crippen LogP contribution in [0.4, 0.5) is 17.6 Å². The van der Waals surface area contributed by atoms with E-state index in [2.05, 4.69) is 5.32 Å². The monoisotopic (exact) mass is 460 g/mol. The standard InChI is InChI=1S/C24H20F4N2O3/c25-17-6-3-14-7-8-30(12-13-1-4-16(5-2-13)24(26,27)28)20(14)19(17)21(31)29-18-11-23(18)9-15(10-23)22(32)33/h1-8,15,18H,9-12H2,(H,29,31)(H,32,33). The highest BCUT2D eigenvalue weighted by Crippen LogP contribution is 2.63. The summed E-state index contributed by atoms with van der Waals surface area (Å²) in [6, 6.07) is 8.99. The molecule has 5 rings (SSSR count). The Balaban J connectivity index is 1.38. The summed E-state index contributed by atoms with van der Waals surface area (Å²) in [4.78, 5) is 24.1. The maximum absolute atomic E-state index is 14.8. The Bertz CT molecular complexity index is 1260. The molecule has 2 N–H and O–H groups in total. The minimum atomic E-state index is -4.43. The predicted molar refractivity (Wildman–Crippen MR) is 111 cm³/mol. The number of halogens is 4. The number of carboxylic acids is 1. The number of nitrogens with zero attached hydrogens (tertiary/aromatic N) is 1. The summed E-state index contributed by atoms with van der Waals surface area (Å²) in [6.45, 7) is 0.166. The van der Waals surface area contributed by atoms with Crippen LogP contribution in [-0.4, -0.2) is 27.6 Å². The van der Waals surface area contributed by atoms with Crippen molar-refractivity contribution in [3.05, 3.63) is 71.2 Å². The van der Waals surface area contributed by atoms with Gasteiger partial charge in [-0.1, -0.05) is 12.1 Å². The molecule has 3 aromatic rings. The van der Waals surface area contributed by atoms with E-state index in [0.29, 0.717) is 35.7 Å². The van der Waals surface area contributed by atoms with Crippen LogP contribution in [0.2, 0.25) is 0 Å². The third-order valence-electron chi connectivity index (χ3n) is 6.89. The van der Waals surface area contributed by atoms with Crippen molar-refractivity contribution in [3.63, 3.8) is 0 Å². The fraction of sp³-hybridized carbons (Fsp3) is 0.333. The number of hydrogen-bond acceptors (Lipinski definition) is 2. The average molecular weight is 460 g/mol. The molecule has 2 aliphatic carbocycles. The largest absolute Gasteiger partial charge is 0.481 e. The smallest absolute Gasteiger partial charge is 0.416 e. The van der Waals surface area contributed by atoms with Gasteiger partial charge in [-0.3, -0.25) is 9.59 Å². The summed E-state index contributed by atoms with van der Waals surface area (Å²) >= 11 is 0. The van der Waals surface area contributed by atoms with Gasteiger partial charge in [0.25, 0.3) is 5.91 Å². The third-order valence-corrected chi connectivity index (χ3v) is 6.89. The number of amides is 1. The number of carbonyl (C=O) groups is 2. The third kappa shape index (κ3) is 3.75. The van der Waals surface area contributed by atoms with E-state index in [4.69, 9.17) is 5.11 Å². The van der Waals surface area contributed by atoms with E-state index >= 15 is 0 Å². The summed E-state index contributed by atoms with van der Waals surface area (Å²) in [5, 5.41) is 12.6. The molecule has 0 aliphatic heterocycles.